The van der Waals surface area contributed by atoms with Crippen molar-refractivity contribution in [3.63, 3.8) is 0 Å². The lowest BCUT2D eigenvalue weighted by molar-refractivity contribution is 0.0734. The average molecular weight is 205 g/mol. The van der Waals surface area contributed by atoms with Crippen LogP contribution in [0.1, 0.15) is 18.7 Å². The van der Waals surface area contributed by atoms with Gasteiger partial charge >= 0.3 is 6.09 Å². The molecule has 1 heterocycles. The van der Waals surface area contributed by atoms with Crippen molar-refractivity contribution < 1.29 is 14.3 Å². The van der Waals surface area contributed by atoms with Crippen LogP contribution >= 0.6 is 0 Å². The van der Waals surface area contributed by atoms with Gasteiger partial charge in [-0.05, 0) is 19.1 Å². The number of benzene rings is 1. The zero-order chi connectivity index (χ0) is 10.8. The van der Waals surface area contributed by atoms with E-state index in [4.69, 9.17) is 9.47 Å². The molecule has 1 aromatic rings. The van der Waals surface area contributed by atoms with Crippen molar-refractivity contribution in [2.45, 2.75) is 13.2 Å². The van der Waals surface area contributed by atoms with Gasteiger partial charge in [0.05, 0.1) is 11.3 Å². The van der Waals surface area contributed by atoms with Gasteiger partial charge in [0.1, 0.15) is 5.75 Å². The van der Waals surface area contributed by atoms with Gasteiger partial charge in [0.25, 0.3) is 0 Å². The van der Waals surface area contributed by atoms with Gasteiger partial charge in [-0.2, -0.15) is 0 Å². The summed E-state index contributed by atoms with van der Waals surface area (Å²) in [6.07, 6.45) is -1.03. The zero-order valence-corrected chi connectivity index (χ0v) is 8.32. The van der Waals surface area contributed by atoms with Crippen LogP contribution in [-0.2, 0) is 4.74 Å². The van der Waals surface area contributed by atoms with Crippen molar-refractivity contribution in [3.05, 3.63) is 42.2 Å². The molecule has 2 rings (SSSR count). The minimum Gasteiger partial charge on any atom is -0.471 e. The summed E-state index contributed by atoms with van der Waals surface area (Å²) in [5.41, 5.74) is 0.792. The molecule has 0 fully saturated rings. The van der Waals surface area contributed by atoms with E-state index >= 15 is 0 Å². The molecule has 1 aliphatic heterocycles. The molecule has 0 radical (unpaired) electrons. The highest BCUT2D eigenvalue weighted by atomic mass is 16.6. The minimum atomic E-state index is -0.514. The molecular weight excluding hydrogens is 194 g/mol. The lowest BCUT2D eigenvalue weighted by Crippen LogP contribution is -2.36. The number of hydrogen-bond acceptors (Lipinski definition) is 3. The van der Waals surface area contributed by atoms with Crippen LogP contribution in [-0.4, -0.2) is 6.09 Å². The second-order valence-corrected chi connectivity index (χ2v) is 3.27. The highest BCUT2D eigenvalue weighted by Gasteiger charge is 2.26. The van der Waals surface area contributed by atoms with E-state index in [2.05, 4.69) is 11.9 Å². The highest BCUT2D eigenvalue weighted by molar-refractivity contribution is 5.73. The number of rotatable bonds is 2. The van der Waals surface area contributed by atoms with Gasteiger partial charge < -0.3 is 9.47 Å². The Morgan fingerprint density at radius 2 is 2.27 bits per heavy atom. The van der Waals surface area contributed by atoms with Crippen LogP contribution in [0.3, 0.4) is 0 Å². The molecule has 78 valence electrons. The van der Waals surface area contributed by atoms with E-state index in [-0.39, 0.29) is 0 Å². The van der Waals surface area contributed by atoms with E-state index in [1.807, 2.05) is 12.1 Å². The molecule has 0 spiro atoms. The van der Waals surface area contributed by atoms with Crippen molar-refractivity contribution in [1.29, 1.82) is 0 Å². The number of allylic oxidation sites excluding steroid dienone is 1. The van der Waals surface area contributed by atoms with E-state index in [9.17, 15) is 4.79 Å². The second kappa shape index (κ2) is 3.65. The second-order valence-electron chi connectivity index (χ2n) is 3.27. The third-order valence-corrected chi connectivity index (χ3v) is 1.97. The minimum absolute atomic E-state index is 0.514. The van der Waals surface area contributed by atoms with Gasteiger partial charge in [-0.1, -0.05) is 18.7 Å². The summed E-state index contributed by atoms with van der Waals surface area (Å²) < 4.78 is 10.4. The topological polar surface area (TPSA) is 47.6 Å². The zero-order valence-electron chi connectivity index (χ0n) is 8.32. The van der Waals surface area contributed by atoms with Crippen molar-refractivity contribution in [1.82, 2.24) is 5.32 Å². The molecule has 1 aliphatic rings. The SMILES string of the molecule is C=C(C)O[C@H]1NC(=O)Oc2ccccc21. The number of fused-ring (bicyclic) bond motifs is 1. The molecule has 0 saturated carbocycles. The Bertz CT molecular complexity index is 414. The normalized spacial score (nSPS) is 18.5. The first-order chi connectivity index (χ1) is 7.16. The largest absolute Gasteiger partial charge is 0.471 e. The summed E-state index contributed by atoms with van der Waals surface area (Å²) in [5, 5.41) is 2.56. The molecule has 0 unspecified atom stereocenters. The summed E-state index contributed by atoms with van der Waals surface area (Å²) in [5.74, 6) is 1.06. The van der Waals surface area contributed by atoms with Gasteiger partial charge in [0, 0.05) is 0 Å². The summed E-state index contributed by atoms with van der Waals surface area (Å²) in [4.78, 5) is 11.2. The molecule has 1 amide bonds. The van der Waals surface area contributed by atoms with E-state index in [0.29, 0.717) is 11.5 Å². The molecule has 4 nitrogen and oxygen atoms in total. The maximum atomic E-state index is 11.2. The van der Waals surface area contributed by atoms with Gasteiger partial charge in [-0.25, -0.2) is 4.79 Å². The summed E-state index contributed by atoms with van der Waals surface area (Å²) in [6.45, 7) is 5.36. The van der Waals surface area contributed by atoms with Crippen molar-refractivity contribution in [2.24, 2.45) is 0 Å². The number of amides is 1. The average Bonchev–Trinajstić information content (AvgIpc) is 2.16. The first kappa shape index (κ1) is 9.58. The van der Waals surface area contributed by atoms with Crippen LogP contribution in [0.4, 0.5) is 4.79 Å². The maximum absolute atomic E-state index is 11.2. The molecule has 1 atom stereocenters. The van der Waals surface area contributed by atoms with Gasteiger partial charge in [0.2, 0.25) is 6.23 Å². The predicted molar refractivity (Wildman–Crippen MR) is 54.2 cm³/mol. The molecule has 1 aromatic carbocycles. The quantitative estimate of drug-likeness (QED) is 0.754. The number of nitrogens with one attached hydrogen (secondary N) is 1. The van der Waals surface area contributed by atoms with Crippen molar-refractivity contribution in [2.75, 3.05) is 0 Å². The van der Waals surface area contributed by atoms with Gasteiger partial charge in [-0.15, -0.1) is 0 Å². The van der Waals surface area contributed by atoms with Crippen LogP contribution in [0.15, 0.2) is 36.6 Å². The molecule has 0 saturated heterocycles. The fraction of sp³-hybridized carbons (Fsp3) is 0.182. The Labute approximate surface area is 87.5 Å². The van der Waals surface area contributed by atoms with Gasteiger partial charge in [0.15, 0.2) is 0 Å². The Kier molecular flexibility index (Phi) is 2.33. The molecule has 4 heteroatoms. The molecule has 0 bridgehead atoms. The third kappa shape index (κ3) is 1.93. The smallest absolute Gasteiger partial charge is 0.415 e. The number of ether oxygens (including phenoxy) is 2. The lowest BCUT2D eigenvalue weighted by atomic mass is 10.1. The Hall–Kier alpha value is -1.97. The predicted octanol–water partition coefficient (Wildman–Crippen LogP) is 2.34. The summed E-state index contributed by atoms with van der Waals surface area (Å²) in [6, 6.07) is 7.22. The van der Waals surface area contributed by atoms with Crippen LogP contribution in [0, 0.1) is 0 Å². The fourth-order valence-corrected chi connectivity index (χ4v) is 1.40. The van der Waals surface area contributed by atoms with Crippen LogP contribution in [0.25, 0.3) is 0 Å². The molecule has 15 heavy (non-hydrogen) atoms. The van der Waals surface area contributed by atoms with E-state index in [1.54, 1.807) is 19.1 Å². The van der Waals surface area contributed by atoms with E-state index in [1.165, 1.54) is 0 Å². The molecule has 0 aromatic heterocycles. The lowest BCUT2D eigenvalue weighted by Gasteiger charge is -2.26. The molecular formula is C11H11NO3. The highest BCUT2D eigenvalue weighted by Crippen LogP contribution is 2.30. The molecule has 1 N–H and O–H groups in total. The Morgan fingerprint density at radius 3 is 3.00 bits per heavy atom. The monoisotopic (exact) mass is 205 g/mol. The first-order valence-corrected chi connectivity index (χ1v) is 4.56. The number of carbonyl (C=O) groups is 1. The third-order valence-electron chi connectivity index (χ3n) is 1.97. The van der Waals surface area contributed by atoms with E-state index < -0.39 is 12.3 Å². The number of hydrogen-bond donors (Lipinski definition) is 1. The first-order valence-electron chi connectivity index (χ1n) is 4.56. The Balaban J connectivity index is 2.33. The maximum Gasteiger partial charge on any atom is 0.415 e. The standard InChI is InChI=1S/C11H11NO3/c1-7(2)14-10-8-5-3-4-6-9(8)15-11(13)12-10/h3-6,10H,1H2,2H3,(H,12,13)/t10-/m1/s1. The fourth-order valence-electron chi connectivity index (χ4n) is 1.40. The van der Waals surface area contributed by atoms with Crippen molar-refractivity contribution in [3.8, 4) is 5.75 Å². The van der Waals surface area contributed by atoms with Gasteiger partial charge in [-0.3, -0.25) is 5.32 Å². The molecule has 0 aliphatic carbocycles. The van der Waals surface area contributed by atoms with E-state index in [0.717, 1.165) is 5.56 Å². The van der Waals surface area contributed by atoms with Crippen LogP contribution < -0.4 is 10.1 Å². The van der Waals surface area contributed by atoms with Crippen LogP contribution in [0.5, 0.6) is 5.75 Å². The number of carbonyl (C=O) groups excluding carboxylic acids is 1. The number of para-hydroxylation sites is 1. The summed E-state index contributed by atoms with van der Waals surface area (Å²) >= 11 is 0. The Morgan fingerprint density at radius 1 is 1.53 bits per heavy atom. The van der Waals surface area contributed by atoms with Crippen LogP contribution in [0.2, 0.25) is 0 Å². The summed E-state index contributed by atoms with van der Waals surface area (Å²) in [7, 11) is 0. The van der Waals surface area contributed by atoms with Crippen molar-refractivity contribution >= 4 is 6.09 Å².